The molecule has 0 spiro atoms. The lowest BCUT2D eigenvalue weighted by Gasteiger charge is -2.31. The quantitative estimate of drug-likeness (QED) is 0.151. The van der Waals surface area contributed by atoms with Gasteiger partial charge in [-0.25, -0.2) is 4.79 Å². The van der Waals surface area contributed by atoms with Gasteiger partial charge in [-0.05, 0) is 93.2 Å². The van der Waals surface area contributed by atoms with Crippen LogP contribution < -0.4 is 38.2 Å². The zero-order chi connectivity index (χ0) is 36.1. The van der Waals surface area contributed by atoms with E-state index in [2.05, 4.69) is 21.3 Å². The van der Waals surface area contributed by atoms with Crippen molar-refractivity contribution in [3.8, 4) is 0 Å². The number of nitrogens with two attached hydrogens (primary N) is 2. The molecule has 1 unspecified atom stereocenters. The van der Waals surface area contributed by atoms with Gasteiger partial charge < -0.3 is 47.5 Å². The fraction of sp³-hybridized carbons (Fsp3) is 0.500. The first-order valence-corrected chi connectivity index (χ1v) is 16.0. The van der Waals surface area contributed by atoms with E-state index in [1.165, 1.54) is 18.2 Å². The molecule has 2 aliphatic rings. The van der Waals surface area contributed by atoms with Crippen LogP contribution >= 0.6 is 0 Å². The number of anilines is 1. The Bertz CT molecular complexity index is 1520. The number of hydrogen-bond acceptors (Lipinski definition) is 8. The minimum atomic E-state index is -4.53. The van der Waals surface area contributed by atoms with Crippen LogP contribution in [-0.4, -0.2) is 71.3 Å². The number of nitrogens with one attached hydrogen (secondary N) is 4. The average molecular weight is 691 g/mol. The maximum Gasteiger partial charge on any atom is 0.492 e. The topological polar surface area (TPSA) is 218 Å². The first kappa shape index (κ1) is 37.6. The monoisotopic (exact) mass is 690 g/mol. The predicted octanol–water partition coefficient (Wildman–Crippen LogP) is 1.45. The van der Waals surface area contributed by atoms with Crippen LogP contribution in [0.5, 0.6) is 0 Å². The molecule has 2 aromatic carbocycles. The van der Waals surface area contributed by atoms with Gasteiger partial charge in [0.1, 0.15) is 12.1 Å². The summed E-state index contributed by atoms with van der Waals surface area (Å²) in [6.45, 7) is 3.55. The molecule has 1 heterocycles. The van der Waals surface area contributed by atoms with Crippen molar-refractivity contribution >= 4 is 42.1 Å². The zero-order valence-electron chi connectivity index (χ0n) is 27.2. The van der Waals surface area contributed by atoms with E-state index >= 15 is 0 Å². The molecule has 0 radical (unpaired) electrons. The lowest BCUT2D eigenvalue weighted by Crippen LogP contribution is -2.53. The summed E-state index contributed by atoms with van der Waals surface area (Å²) in [5.74, 6) is -2.02. The third-order valence-electron chi connectivity index (χ3n) is 8.70. The second kappa shape index (κ2) is 15.6. The summed E-state index contributed by atoms with van der Waals surface area (Å²) >= 11 is 0. The van der Waals surface area contributed by atoms with Gasteiger partial charge in [0, 0.05) is 30.2 Å². The number of carboxylic acid groups (broad SMARTS) is 1. The fourth-order valence-electron chi connectivity index (χ4n) is 6.26. The second-order valence-corrected chi connectivity index (χ2v) is 13.1. The second-order valence-electron chi connectivity index (χ2n) is 13.1. The minimum absolute atomic E-state index is 0.0743. The van der Waals surface area contributed by atoms with Gasteiger partial charge in [-0.3, -0.25) is 14.4 Å². The van der Waals surface area contributed by atoms with E-state index in [1.807, 2.05) is 0 Å². The SMILES string of the molecule is CC1(C)OB(O)c2cc(NC(=O)[C@@H](CCc3ccc(C(F)(F)F)cc3)NC(=O)[C@H](CCC(=O)NC3C[C@@H](N)C[C@@H](N)C3)NC(=O)O)ccc21. The highest BCUT2D eigenvalue weighted by Crippen LogP contribution is 2.31. The highest BCUT2D eigenvalue weighted by molar-refractivity contribution is 6.62. The van der Waals surface area contributed by atoms with E-state index in [1.54, 1.807) is 26.0 Å². The minimum Gasteiger partial charge on any atom is -0.465 e. The van der Waals surface area contributed by atoms with Crippen molar-refractivity contribution < 1.29 is 47.1 Å². The lowest BCUT2D eigenvalue weighted by molar-refractivity contribution is -0.137. The van der Waals surface area contributed by atoms with Gasteiger partial charge in [0.2, 0.25) is 17.7 Å². The number of alkyl halides is 3. The normalized spacial score (nSPS) is 21.2. The number of fused-ring (bicyclic) bond motifs is 1. The summed E-state index contributed by atoms with van der Waals surface area (Å²) in [6.07, 6.45) is -4.83. The van der Waals surface area contributed by atoms with Crippen molar-refractivity contribution in [3.63, 3.8) is 0 Å². The van der Waals surface area contributed by atoms with Crippen LogP contribution in [0.25, 0.3) is 0 Å². The molecule has 1 aliphatic carbocycles. The Kier molecular flexibility index (Phi) is 12.0. The van der Waals surface area contributed by atoms with E-state index in [4.69, 9.17) is 16.1 Å². The number of benzene rings is 2. The van der Waals surface area contributed by atoms with E-state index in [0.717, 1.165) is 12.1 Å². The molecule has 0 aromatic heterocycles. The molecule has 10 N–H and O–H groups in total. The summed E-state index contributed by atoms with van der Waals surface area (Å²) in [7, 11) is -1.23. The first-order chi connectivity index (χ1) is 22.9. The number of rotatable bonds is 12. The number of halogens is 3. The molecule has 17 heteroatoms. The number of carbonyl (C=O) groups is 4. The smallest absolute Gasteiger partial charge is 0.465 e. The molecule has 0 bridgehead atoms. The average Bonchev–Trinajstić information content (AvgIpc) is 3.23. The van der Waals surface area contributed by atoms with Crippen molar-refractivity contribution in [2.45, 2.75) is 101 Å². The van der Waals surface area contributed by atoms with Crippen molar-refractivity contribution in [3.05, 3.63) is 59.2 Å². The van der Waals surface area contributed by atoms with E-state index in [-0.39, 0.29) is 49.5 Å². The molecule has 1 saturated carbocycles. The van der Waals surface area contributed by atoms with Gasteiger partial charge in [0.05, 0.1) is 11.2 Å². The molecule has 13 nitrogen and oxygen atoms in total. The van der Waals surface area contributed by atoms with Crippen LogP contribution in [0.1, 0.15) is 69.1 Å². The van der Waals surface area contributed by atoms with E-state index in [0.29, 0.717) is 35.9 Å². The predicted molar refractivity (Wildman–Crippen MR) is 174 cm³/mol. The molecule has 49 heavy (non-hydrogen) atoms. The summed E-state index contributed by atoms with van der Waals surface area (Å²) < 4.78 is 44.7. The van der Waals surface area contributed by atoms with Crippen LogP contribution in [0.2, 0.25) is 0 Å². The van der Waals surface area contributed by atoms with Crippen LogP contribution in [0.15, 0.2) is 42.5 Å². The number of hydrogen-bond donors (Lipinski definition) is 8. The third kappa shape index (κ3) is 10.4. The Morgan fingerprint density at radius 3 is 2.20 bits per heavy atom. The number of aryl methyl sites for hydroxylation is 1. The molecule has 4 amide bonds. The van der Waals surface area contributed by atoms with Gasteiger partial charge in [-0.15, -0.1) is 0 Å². The number of amides is 4. The Hall–Kier alpha value is -4.19. The van der Waals surface area contributed by atoms with E-state index < -0.39 is 60.4 Å². The Morgan fingerprint density at radius 1 is 0.959 bits per heavy atom. The van der Waals surface area contributed by atoms with Gasteiger partial charge in [0.15, 0.2) is 0 Å². The van der Waals surface area contributed by atoms with Crippen molar-refractivity contribution in [1.82, 2.24) is 16.0 Å². The Balaban J connectivity index is 1.47. The lowest BCUT2D eigenvalue weighted by atomic mass is 9.78. The molecule has 0 saturated heterocycles. The number of carbonyl (C=O) groups excluding carboxylic acids is 3. The Morgan fingerprint density at radius 2 is 1.59 bits per heavy atom. The largest absolute Gasteiger partial charge is 0.492 e. The molecule has 4 rings (SSSR count). The van der Waals surface area contributed by atoms with Gasteiger partial charge in [-0.2, -0.15) is 13.2 Å². The van der Waals surface area contributed by atoms with Crippen LogP contribution in [0.3, 0.4) is 0 Å². The van der Waals surface area contributed by atoms with Gasteiger partial charge in [-0.1, -0.05) is 18.2 Å². The standard InChI is InChI=1S/C32H42BF3N6O7/c1-31(2)23-9-8-21(16-24(23)33(48)49-31)40-28(44)25(10-5-17-3-6-18(7-4-17)32(34,35)36)41-29(45)26(42-30(46)47)11-12-27(43)39-22-14-19(37)13-20(38)15-22/h3-4,6-9,16,19-20,22,25-26,42,48H,5,10-15,37-38H2,1-2H3,(H,39,43)(H,40,44)(H,41,45)(H,46,47)/t19-,20+,22?,25-,26+/m1/s1. The zero-order valence-corrected chi connectivity index (χ0v) is 27.2. The maximum atomic E-state index is 13.6. The molecule has 1 fully saturated rings. The fourth-order valence-corrected chi connectivity index (χ4v) is 6.26. The molecule has 266 valence electrons. The van der Waals surface area contributed by atoms with Crippen molar-refractivity contribution in [2.24, 2.45) is 11.5 Å². The first-order valence-electron chi connectivity index (χ1n) is 16.0. The molecule has 1 aliphatic heterocycles. The highest BCUT2D eigenvalue weighted by atomic mass is 19.4. The summed E-state index contributed by atoms with van der Waals surface area (Å²) in [5.41, 5.74) is 12.3. The van der Waals surface area contributed by atoms with Crippen molar-refractivity contribution in [2.75, 3.05) is 5.32 Å². The molecular formula is C32H42BF3N6O7. The summed E-state index contributed by atoms with van der Waals surface area (Å²) in [5, 5.41) is 29.9. The summed E-state index contributed by atoms with van der Waals surface area (Å²) in [6, 6.07) is 5.85. The van der Waals surface area contributed by atoms with E-state index in [9.17, 15) is 42.5 Å². The maximum absolute atomic E-state index is 13.6. The van der Waals surface area contributed by atoms with Gasteiger partial charge in [0.25, 0.3) is 0 Å². The summed E-state index contributed by atoms with van der Waals surface area (Å²) in [4.78, 5) is 51.2. The highest BCUT2D eigenvalue weighted by Gasteiger charge is 2.41. The molecular weight excluding hydrogens is 648 g/mol. The van der Waals surface area contributed by atoms with Crippen LogP contribution in [0.4, 0.5) is 23.7 Å². The van der Waals surface area contributed by atoms with Crippen LogP contribution in [-0.2, 0) is 37.2 Å². The third-order valence-corrected chi connectivity index (χ3v) is 8.70. The van der Waals surface area contributed by atoms with Gasteiger partial charge >= 0.3 is 19.4 Å². The van der Waals surface area contributed by atoms with Crippen LogP contribution in [0, 0.1) is 0 Å². The molecule has 2 aromatic rings. The van der Waals surface area contributed by atoms with Crippen molar-refractivity contribution in [1.29, 1.82) is 0 Å². The molecule has 5 atom stereocenters. The Labute approximate surface area is 281 Å².